The summed E-state index contributed by atoms with van der Waals surface area (Å²) in [6.07, 6.45) is 4.89. The lowest BCUT2D eigenvalue weighted by atomic mass is 10.2. The van der Waals surface area contributed by atoms with E-state index in [2.05, 4.69) is 22.8 Å². The molecule has 5 nitrogen and oxygen atoms in total. The fourth-order valence-electron chi connectivity index (χ4n) is 1.82. The molecule has 0 radical (unpaired) electrons. The number of hydrogen-bond acceptors (Lipinski definition) is 5. The summed E-state index contributed by atoms with van der Waals surface area (Å²) in [5.41, 5.74) is 0.947. The molecule has 2 rings (SSSR count). The van der Waals surface area contributed by atoms with Crippen LogP contribution in [0.5, 0.6) is 0 Å². The van der Waals surface area contributed by atoms with Gasteiger partial charge < -0.3 is 4.42 Å². The number of thioether (sulfide) groups is 1. The Hall–Kier alpha value is -2.00. The second-order valence-corrected chi connectivity index (χ2v) is 5.27. The van der Waals surface area contributed by atoms with E-state index in [9.17, 15) is 0 Å². The van der Waals surface area contributed by atoms with Crippen LogP contribution in [0, 0.1) is 18.3 Å². The van der Waals surface area contributed by atoms with Gasteiger partial charge in [-0.15, -0.1) is 16.8 Å². The van der Waals surface area contributed by atoms with Gasteiger partial charge in [0.05, 0.1) is 17.9 Å². The molecule has 2 aromatic rings. The molecule has 104 valence electrons. The van der Waals surface area contributed by atoms with Gasteiger partial charge in [0.25, 0.3) is 0 Å². The minimum absolute atomic E-state index is 0.566. The molecule has 0 atom stereocenters. The Labute approximate surface area is 122 Å². The first-order valence-electron chi connectivity index (χ1n) is 6.36. The molecule has 0 saturated heterocycles. The number of aromatic nitrogens is 3. The molecule has 0 amide bonds. The number of hydrogen-bond donors (Lipinski definition) is 0. The van der Waals surface area contributed by atoms with E-state index in [0.29, 0.717) is 13.0 Å². The van der Waals surface area contributed by atoms with E-state index in [1.807, 2.05) is 23.6 Å². The van der Waals surface area contributed by atoms with Crippen LogP contribution in [0.2, 0.25) is 0 Å². The number of nitrogens with zero attached hydrogens (tertiary/aromatic N) is 4. The Bertz CT molecular complexity index is 623. The van der Waals surface area contributed by atoms with E-state index in [4.69, 9.17) is 9.68 Å². The number of aryl methyl sites for hydroxylation is 1. The van der Waals surface area contributed by atoms with Crippen LogP contribution in [0.15, 0.2) is 34.6 Å². The van der Waals surface area contributed by atoms with E-state index in [-0.39, 0.29) is 0 Å². The summed E-state index contributed by atoms with van der Waals surface area (Å²) in [4.78, 5) is 0. The third-order valence-electron chi connectivity index (χ3n) is 2.79. The van der Waals surface area contributed by atoms with Gasteiger partial charge in [-0.3, -0.25) is 4.57 Å². The fourth-order valence-corrected chi connectivity index (χ4v) is 2.71. The molecule has 0 aromatic carbocycles. The van der Waals surface area contributed by atoms with Crippen LogP contribution >= 0.6 is 11.8 Å². The predicted molar refractivity (Wildman–Crippen MR) is 78.2 cm³/mol. The smallest absolute Gasteiger partial charge is 0.191 e. The van der Waals surface area contributed by atoms with Gasteiger partial charge in [0, 0.05) is 18.7 Å². The van der Waals surface area contributed by atoms with Crippen molar-refractivity contribution in [2.75, 3.05) is 5.75 Å². The Kier molecular flexibility index (Phi) is 5.02. The van der Waals surface area contributed by atoms with Crippen molar-refractivity contribution in [3.8, 4) is 17.5 Å². The van der Waals surface area contributed by atoms with Crippen molar-refractivity contribution >= 4 is 11.8 Å². The highest BCUT2D eigenvalue weighted by atomic mass is 32.2. The zero-order chi connectivity index (χ0) is 14.4. The molecule has 0 spiro atoms. The number of furan rings is 1. The van der Waals surface area contributed by atoms with Crippen LogP contribution in [0.25, 0.3) is 11.4 Å². The van der Waals surface area contributed by atoms with Crippen LogP contribution in [-0.2, 0) is 6.54 Å². The minimum Gasteiger partial charge on any atom is -0.469 e. The molecule has 0 saturated carbocycles. The highest BCUT2D eigenvalue weighted by Gasteiger charge is 2.16. The summed E-state index contributed by atoms with van der Waals surface area (Å²) in [5, 5.41) is 17.9. The summed E-state index contributed by atoms with van der Waals surface area (Å²) in [6.45, 7) is 6.33. The molecule has 20 heavy (non-hydrogen) atoms. The lowest BCUT2D eigenvalue weighted by Gasteiger charge is -2.06. The lowest BCUT2D eigenvalue weighted by molar-refractivity contribution is 0.534. The highest BCUT2D eigenvalue weighted by molar-refractivity contribution is 7.99. The fraction of sp³-hybridized carbons (Fsp3) is 0.357. The first-order valence-corrected chi connectivity index (χ1v) is 7.34. The van der Waals surface area contributed by atoms with Crippen molar-refractivity contribution in [2.45, 2.75) is 31.5 Å². The Balaban J connectivity index is 2.22. The molecule has 0 unspecified atom stereocenters. The third kappa shape index (κ3) is 3.11. The average molecular weight is 288 g/mol. The van der Waals surface area contributed by atoms with Gasteiger partial charge in [-0.25, -0.2) is 0 Å². The average Bonchev–Trinajstić information content (AvgIpc) is 3.02. The van der Waals surface area contributed by atoms with Crippen molar-refractivity contribution in [3.05, 3.63) is 30.7 Å². The molecule has 6 heteroatoms. The van der Waals surface area contributed by atoms with Crippen molar-refractivity contribution in [1.82, 2.24) is 14.8 Å². The van der Waals surface area contributed by atoms with Gasteiger partial charge >= 0.3 is 0 Å². The Morgan fingerprint density at radius 2 is 2.40 bits per heavy atom. The van der Waals surface area contributed by atoms with Crippen LogP contribution in [0.1, 0.15) is 18.6 Å². The number of nitriles is 1. The quantitative estimate of drug-likeness (QED) is 0.443. The van der Waals surface area contributed by atoms with Gasteiger partial charge in [0.2, 0.25) is 0 Å². The summed E-state index contributed by atoms with van der Waals surface area (Å²) in [6, 6.07) is 4.04. The lowest BCUT2D eigenvalue weighted by Crippen LogP contribution is -2.01. The SMILES string of the molecule is C=CCn1c(SCCCC#N)nnc1-c1ccoc1C. The first kappa shape index (κ1) is 14.4. The molecule has 0 aliphatic carbocycles. The highest BCUT2D eigenvalue weighted by Crippen LogP contribution is 2.27. The van der Waals surface area contributed by atoms with E-state index in [1.165, 1.54) is 0 Å². The number of unbranched alkanes of at least 4 members (excludes halogenated alkanes) is 1. The zero-order valence-electron chi connectivity index (χ0n) is 11.4. The largest absolute Gasteiger partial charge is 0.469 e. The Morgan fingerprint density at radius 1 is 1.55 bits per heavy atom. The number of allylic oxidation sites excluding steroid dienone is 1. The van der Waals surface area contributed by atoms with Crippen molar-refractivity contribution in [2.24, 2.45) is 0 Å². The molecular formula is C14H16N4OS. The van der Waals surface area contributed by atoms with Crippen molar-refractivity contribution < 1.29 is 4.42 Å². The standard InChI is InChI=1S/C14H16N4OS/c1-3-8-18-13(12-6-9-19-11(12)2)16-17-14(18)20-10-5-4-7-15/h3,6,9H,1,4-5,8,10H2,2H3. The van der Waals surface area contributed by atoms with E-state index in [0.717, 1.165) is 34.5 Å². The zero-order valence-corrected chi connectivity index (χ0v) is 12.2. The summed E-state index contributed by atoms with van der Waals surface area (Å²) in [5.74, 6) is 2.47. The molecular weight excluding hydrogens is 272 g/mol. The molecule has 0 bridgehead atoms. The molecule has 0 fully saturated rings. The van der Waals surface area contributed by atoms with Crippen molar-refractivity contribution in [3.63, 3.8) is 0 Å². The predicted octanol–water partition coefficient (Wildman–Crippen LogP) is 3.43. The minimum atomic E-state index is 0.566. The van der Waals surface area contributed by atoms with Gasteiger partial charge in [-0.1, -0.05) is 17.8 Å². The monoisotopic (exact) mass is 288 g/mol. The summed E-state index contributed by atoms with van der Waals surface area (Å²) >= 11 is 1.61. The van der Waals surface area contributed by atoms with Crippen LogP contribution in [0.4, 0.5) is 0 Å². The maximum atomic E-state index is 8.55. The van der Waals surface area contributed by atoms with Crippen molar-refractivity contribution in [1.29, 1.82) is 5.26 Å². The summed E-state index contributed by atoms with van der Waals surface area (Å²) < 4.78 is 7.34. The van der Waals surface area contributed by atoms with Crippen LogP contribution < -0.4 is 0 Å². The van der Waals surface area contributed by atoms with Crippen LogP contribution in [-0.4, -0.2) is 20.5 Å². The third-order valence-corrected chi connectivity index (χ3v) is 3.85. The Morgan fingerprint density at radius 3 is 3.05 bits per heavy atom. The van der Waals surface area contributed by atoms with Gasteiger partial charge in [0.1, 0.15) is 5.76 Å². The van der Waals surface area contributed by atoms with Gasteiger partial charge in [0.15, 0.2) is 11.0 Å². The first-order chi connectivity index (χ1) is 9.77. The summed E-state index contributed by atoms with van der Waals surface area (Å²) in [7, 11) is 0. The topological polar surface area (TPSA) is 67.6 Å². The second-order valence-electron chi connectivity index (χ2n) is 4.21. The van der Waals surface area contributed by atoms with E-state index < -0.39 is 0 Å². The normalized spacial score (nSPS) is 10.4. The second kappa shape index (κ2) is 6.96. The molecule has 0 aliphatic rings. The van der Waals surface area contributed by atoms with Crippen LogP contribution in [0.3, 0.4) is 0 Å². The van der Waals surface area contributed by atoms with Gasteiger partial charge in [-0.05, 0) is 19.4 Å². The molecule has 2 aromatic heterocycles. The molecule has 0 aliphatic heterocycles. The maximum Gasteiger partial charge on any atom is 0.191 e. The van der Waals surface area contributed by atoms with E-state index >= 15 is 0 Å². The van der Waals surface area contributed by atoms with Gasteiger partial charge in [-0.2, -0.15) is 5.26 Å². The molecule has 0 N–H and O–H groups in total. The van der Waals surface area contributed by atoms with E-state index in [1.54, 1.807) is 18.0 Å². The molecule has 2 heterocycles. The number of rotatable bonds is 7. The maximum absolute atomic E-state index is 8.55.